The minimum Gasteiger partial charge on any atom is -0.237 e. The molecule has 0 fully saturated rings. The van der Waals surface area contributed by atoms with Gasteiger partial charge >= 0.3 is 5.16 Å². The van der Waals surface area contributed by atoms with Crippen molar-refractivity contribution in [3.63, 3.8) is 0 Å². The highest BCUT2D eigenvalue weighted by Gasteiger charge is 2.33. The van der Waals surface area contributed by atoms with Gasteiger partial charge in [0.2, 0.25) is 0 Å². The van der Waals surface area contributed by atoms with Gasteiger partial charge in [0.15, 0.2) is 0 Å². The van der Waals surface area contributed by atoms with E-state index in [9.17, 15) is 8.42 Å². The van der Waals surface area contributed by atoms with Crippen LogP contribution in [0.4, 0.5) is 0 Å². The molecule has 1 aliphatic rings. The number of fused-ring (bicyclic) bond motifs is 1. The Bertz CT molecular complexity index is 978. The van der Waals surface area contributed by atoms with Crippen molar-refractivity contribution in [2.24, 2.45) is 7.05 Å². The van der Waals surface area contributed by atoms with Gasteiger partial charge in [-0.2, -0.15) is 14.2 Å². The molecular formula is C14H15N7O2S. The molecule has 4 rings (SSSR count). The third kappa shape index (κ3) is 2.39. The largest absolute Gasteiger partial charge is 0.303 e. The van der Waals surface area contributed by atoms with E-state index in [2.05, 4.69) is 20.5 Å². The highest BCUT2D eigenvalue weighted by molar-refractivity contribution is 7.88. The molecule has 1 aromatic carbocycles. The third-order valence-corrected chi connectivity index (χ3v) is 5.58. The molecule has 0 bridgehead atoms. The lowest BCUT2D eigenvalue weighted by molar-refractivity contribution is 0.383. The highest BCUT2D eigenvalue weighted by atomic mass is 32.2. The number of tetrazole rings is 1. The van der Waals surface area contributed by atoms with Crippen LogP contribution in [0.3, 0.4) is 0 Å². The molecule has 1 aliphatic heterocycles. The number of aromatic nitrogens is 6. The maximum absolute atomic E-state index is 12.6. The maximum atomic E-state index is 12.6. The van der Waals surface area contributed by atoms with E-state index in [4.69, 9.17) is 0 Å². The molecule has 0 aliphatic carbocycles. The lowest BCUT2D eigenvalue weighted by atomic mass is 10.1. The van der Waals surface area contributed by atoms with Crippen molar-refractivity contribution in [1.29, 1.82) is 0 Å². The average molecular weight is 345 g/mol. The zero-order valence-electron chi connectivity index (χ0n) is 12.9. The standard InChI is InChI=1S/C14H15N7O2S/c1-19-17-14(16-18-19)24(22,23)20-8-7-13-11(10-20)9-15-21(13)12-5-3-2-4-6-12/h2-6,9H,7-8,10H2,1H3. The van der Waals surface area contributed by atoms with Crippen molar-refractivity contribution in [3.05, 3.63) is 47.8 Å². The van der Waals surface area contributed by atoms with Gasteiger partial charge in [0.05, 0.1) is 24.6 Å². The minimum absolute atomic E-state index is 0.253. The summed E-state index contributed by atoms with van der Waals surface area (Å²) in [7, 11) is -2.22. The van der Waals surface area contributed by atoms with Crippen LogP contribution in [0, 0.1) is 0 Å². The van der Waals surface area contributed by atoms with Gasteiger partial charge in [-0.1, -0.05) is 23.3 Å². The van der Waals surface area contributed by atoms with E-state index in [0.29, 0.717) is 13.0 Å². The topological polar surface area (TPSA) is 98.8 Å². The molecule has 9 nitrogen and oxygen atoms in total. The fraction of sp³-hybridized carbons (Fsp3) is 0.286. The van der Waals surface area contributed by atoms with E-state index in [1.807, 2.05) is 35.0 Å². The molecule has 3 aromatic rings. The number of hydrogen-bond acceptors (Lipinski definition) is 6. The van der Waals surface area contributed by atoms with Crippen LogP contribution in [0.1, 0.15) is 11.3 Å². The summed E-state index contributed by atoms with van der Waals surface area (Å²) in [5, 5.41) is 15.2. The molecule has 0 amide bonds. The number of rotatable bonds is 3. The van der Waals surface area contributed by atoms with Gasteiger partial charge in [-0.05, 0) is 17.3 Å². The SMILES string of the molecule is Cn1nnc(S(=O)(=O)N2CCc3c(cnn3-c3ccccc3)C2)n1. The molecule has 0 saturated carbocycles. The summed E-state index contributed by atoms with van der Waals surface area (Å²) >= 11 is 0. The molecule has 0 unspecified atom stereocenters. The van der Waals surface area contributed by atoms with E-state index in [1.165, 1.54) is 11.4 Å². The van der Waals surface area contributed by atoms with Crippen molar-refractivity contribution in [2.45, 2.75) is 18.1 Å². The number of nitrogens with zero attached hydrogens (tertiary/aromatic N) is 7. The van der Waals surface area contributed by atoms with Gasteiger partial charge in [-0.25, -0.2) is 13.1 Å². The predicted molar refractivity (Wildman–Crippen MR) is 83.7 cm³/mol. The molecule has 10 heteroatoms. The molecule has 124 valence electrons. The van der Waals surface area contributed by atoms with Crippen molar-refractivity contribution in [1.82, 2.24) is 34.3 Å². The summed E-state index contributed by atoms with van der Waals surface area (Å²) in [6, 6.07) is 9.78. The Morgan fingerprint density at radius 1 is 1.17 bits per heavy atom. The summed E-state index contributed by atoms with van der Waals surface area (Å²) in [5.74, 6) is 0. The Balaban J connectivity index is 1.65. The fourth-order valence-corrected chi connectivity index (χ4v) is 4.02. The number of sulfonamides is 1. The smallest absolute Gasteiger partial charge is 0.237 e. The van der Waals surface area contributed by atoms with E-state index in [1.54, 1.807) is 6.20 Å². The first kappa shape index (κ1) is 15.0. The lowest BCUT2D eigenvalue weighted by Gasteiger charge is -2.25. The van der Waals surface area contributed by atoms with Crippen molar-refractivity contribution in [2.75, 3.05) is 6.54 Å². The van der Waals surface area contributed by atoms with Crippen LogP contribution in [-0.2, 0) is 30.0 Å². The summed E-state index contributed by atoms with van der Waals surface area (Å²) in [6.45, 7) is 0.606. The molecule has 0 saturated heterocycles. The Morgan fingerprint density at radius 3 is 2.67 bits per heavy atom. The monoisotopic (exact) mass is 345 g/mol. The van der Waals surface area contributed by atoms with Crippen molar-refractivity contribution < 1.29 is 8.42 Å². The second-order valence-electron chi connectivity index (χ2n) is 5.51. The van der Waals surface area contributed by atoms with Crippen LogP contribution in [0.25, 0.3) is 5.69 Å². The third-order valence-electron chi connectivity index (χ3n) is 3.96. The summed E-state index contributed by atoms with van der Waals surface area (Å²) in [6.07, 6.45) is 2.29. The summed E-state index contributed by atoms with van der Waals surface area (Å²) < 4.78 is 28.4. The summed E-state index contributed by atoms with van der Waals surface area (Å²) in [4.78, 5) is 1.13. The highest BCUT2D eigenvalue weighted by Crippen LogP contribution is 2.25. The van der Waals surface area contributed by atoms with Gasteiger partial charge in [0, 0.05) is 25.1 Å². The first-order valence-corrected chi connectivity index (χ1v) is 8.85. The Kier molecular flexibility index (Phi) is 3.43. The van der Waals surface area contributed by atoms with Crippen LogP contribution in [-0.4, -0.2) is 49.3 Å². The maximum Gasteiger partial charge on any atom is 0.303 e. The number of hydrogen-bond donors (Lipinski definition) is 0. The molecule has 3 heterocycles. The Morgan fingerprint density at radius 2 is 1.96 bits per heavy atom. The predicted octanol–water partition coefficient (Wildman–Crippen LogP) is 0.143. The fourth-order valence-electron chi connectivity index (χ4n) is 2.79. The molecule has 0 atom stereocenters. The van der Waals surface area contributed by atoms with E-state index in [0.717, 1.165) is 21.7 Å². The van der Waals surface area contributed by atoms with Gasteiger partial charge in [-0.15, -0.1) is 5.10 Å². The lowest BCUT2D eigenvalue weighted by Crippen LogP contribution is -2.36. The second kappa shape index (κ2) is 5.49. The number of aryl methyl sites for hydroxylation is 1. The van der Waals surface area contributed by atoms with Crippen LogP contribution in [0.5, 0.6) is 0 Å². The van der Waals surface area contributed by atoms with E-state index >= 15 is 0 Å². The normalized spacial score (nSPS) is 15.4. The van der Waals surface area contributed by atoms with E-state index in [-0.39, 0.29) is 11.7 Å². The van der Waals surface area contributed by atoms with Gasteiger partial charge in [0.25, 0.3) is 10.0 Å². The van der Waals surface area contributed by atoms with Crippen molar-refractivity contribution in [3.8, 4) is 5.69 Å². The van der Waals surface area contributed by atoms with Crippen LogP contribution < -0.4 is 0 Å². The number of benzene rings is 1. The van der Waals surface area contributed by atoms with Crippen LogP contribution in [0.15, 0.2) is 41.7 Å². The first-order chi connectivity index (χ1) is 11.6. The molecule has 0 N–H and O–H groups in total. The Labute approximate surface area is 138 Å². The molecule has 0 spiro atoms. The van der Waals surface area contributed by atoms with Crippen LogP contribution in [0.2, 0.25) is 0 Å². The molecule has 24 heavy (non-hydrogen) atoms. The minimum atomic E-state index is -3.75. The van der Waals surface area contributed by atoms with Crippen LogP contribution >= 0.6 is 0 Å². The molecule has 2 aromatic heterocycles. The second-order valence-corrected chi connectivity index (χ2v) is 7.35. The summed E-state index contributed by atoms with van der Waals surface area (Å²) in [5.41, 5.74) is 2.88. The zero-order valence-corrected chi connectivity index (χ0v) is 13.8. The van der Waals surface area contributed by atoms with Gasteiger partial charge in [0.1, 0.15) is 0 Å². The quantitative estimate of drug-likeness (QED) is 0.670. The number of para-hydroxylation sites is 1. The molecular weight excluding hydrogens is 330 g/mol. The zero-order chi connectivity index (χ0) is 16.7. The van der Waals surface area contributed by atoms with Gasteiger partial charge < -0.3 is 0 Å². The molecule has 0 radical (unpaired) electrons. The average Bonchev–Trinajstić information content (AvgIpc) is 3.21. The van der Waals surface area contributed by atoms with Gasteiger partial charge in [-0.3, -0.25) is 0 Å². The van der Waals surface area contributed by atoms with Crippen molar-refractivity contribution >= 4 is 10.0 Å². The first-order valence-electron chi connectivity index (χ1n) is 7.41. The Hall–Kier alpha value is -2.59. The van der Waals surface area contributed by atoms with E-state index < -0.39 is 10.0 Å².